The Bertz CT molecular complexity index is 254. The number of halogens is 2. The summed E-state index contributed by atoms with van der Waals surface area (Å²) in [5, 5.41) is 8.80. The van der Waals surface area contributed by atoms with Gasteiger partial charge >= 0.3 is 5.69 Å². The Kier molecular flexibility index (Phi) is 3.78. The molecule has 1 rings (SSSR count). The van der Waals surface area contributed by atoms with Crippen molar-refractivity contribution in [2.24, 2.45) is 0 Å². The molecule has 4 heteroatoms. The van der Waals surface area contributed by atoms with E-state index >= 15 is 0 Å². The Morgan fingerprint density at radius 2 is 2.10 bits per heavy atom. The van der Waals surface area contributed by atoms with E-state index in [1.54, 1.807) is 24.3 Å². The summed E-state index contributed by atoms with van der Waals surface area (Å²) in [5.74, 6) is 0. The van der Waals surface area contributed by atoms with E-state index in [2.05, 4.69) is 4.98 Å². The molecule has 0 aliphatic heterocycles. The summed E-state index contributed by atoms with van der Waals surface area (Å²) in [6, 6.07) is 6.67. The highest BCUT2D eigenvalue weighted by Gasteiger charge is 2.01. The van der Waals surface area contributed by atoms with Gasteiger partial charge in [0.25, 0.3) is 0 Å². The van der Waals surface area contributed by atoms with Crippen LogP contribution in [0.3, 0.4) is 0 Å². The van der Waals surface area contributed by atoms with Gasteiger partial charge in [0, 0.05) is 11.1 Å². The van der Waals surface area contributed by atoms with Gasteiger partial charge in [-0.05, 0) is 6.07 Å². The first kappa shape index (κ1) is 9.22. The molecule has 1 aromatic rings. The Morgan fingerprint density at radius 3 is 2.50 bits per heavy atom. The third-order valence-corrected chi connectivity index (χ3v) is 1.16. The van der Waals surface area contributed by atoms with Crippen molar-refractivity contribution in [3.8, 4) is 0 Å². The van der Waals surface area contributed by atoms with Crippen molar-refractivity contribution >= 4 is 17.3 Å². The molecule has 0 amide bonds. The van der Waals surface area contributed by atoms with Crippen molar-refractivity contribution in [2.45, 2.75) is 0 Å². The van der Waals surface area contributed by atoms with E-state index in [-0.39, 0.29) is 12.4 Å². The molecule has 0 spiro atoms. The van der Waals surface area contributed by atoms with Gasteiger partial charge in [0.2, 0.25) is 5.39 Å². The van der Waals surface area contributed by atoms with Crippen molar-refractivity contribution in [1.82, 2.24) is 0 Å². The molecule has 0 aliphatic carbocycles. The van der Waals surface area contributed by atoms with Crippen LogP contribution in [0.2, 0.25) is 5.02 Å². The van der Waals surface area contributed by atoms with Crippen molar-refractivity contribution in [2.75, 3.05) is 0 Å². The molecule has 0 heterocycles. The highest BCUT2D eigenvalue weighted by Crippen LogP contribution is 2.16. The third kappa shape index (κ3) is 2.22. The summed E-state index contributed by atoms with van der Waals surface area (Å²) in [4.78, 5) is 2.95. The maximum absolute atomic E-state index is 8.23. The SMILES string of the molecule is N#[N+]c1cccc(Cl)c1.[Cl-]. The molecule has 0 fully saturated rings. The van der Waals surface area contributed by atoms with Crippen LogP contribution < -0.4 is 12.4 Å². The van der Waals surface area contributed by atoms with E-state index in [0.717, 1.165) is 0 Å². The summed E-state index contributed by atoms with van der Waals surface area (Å²) in [6.45, 7) is 0. The summed E-state index contributed by atoms with van der Waals surface area (Å²) in [5.41, 5.74) is 0.475. The van der Waals surface area contributed by atoms with Gasteiger partial charge in [-0.1, -0.05) is 17.7 Å². The number of benzene rings is 1. The minimum Gasteiger partial charge on any atom is -1.00 e. The van der Waals surface area contributed by atoms with Crippen LogP contribution in [0.1, 0.15) is 0 Å². The van der Waals surface area contributed by atoms with Crippen LogP contribution in [-0.2, 0) is 0 Å². The second kappa shape index (κ2) is 4.10. The lowest BCUT2D eigenvalue weighted by molar-refractivity contribution is -0.00000196. The first-order valence-corrected chi connectivity index (χ1v) is 2.81. The monoisotopic (exact) mass is 174 g/mol. The molecule has 0 aromatic heterocycles. The average Bonchev–Trinajstić information content (AvgIpc) is 1.88. The van der Waals surface area contributed by atoms with E-state index in [4.69, 9.17) is 17.0 Å². The van der Waals surface area contributed by atoms with Crippen LogP contribution in [-0.4, -0.2) is 0 Å². The molecular formula is C6H4Cl2N2. The zero-order valence-corrected chi connectivity index (χ0v) is 6.47. The number of hydrogen-bond donors (Lipinski definition) is 0. The summed E-state index contributed by atoms with van der Waals surface area (Å²) < 4.78 is 0. The third-order valence-electron chi connectivity index (χ3n) is 0.924. The fourth-order valence-corrected chi connectivity index (χ4v) is 0.723. The largest absolute Gasteiger partial charge is 1.00 e. The van der Waals surface area contributed by atoms with Crippen molar-refractivity contribution < 1.29 is 12.4 Å². The van der Waals surface area contributed by atoms with Gasteiger partial charge in [0.15, 0.2) is 4.98 Å². The molecule has 0 radical (unpaired) electrons. The van der Waals surface area contributed by atoms with Crippen LogP contribution in [0.25, 0.3) is 4.98 Å². The Morgan fingerprint density at radius 1 is 1.40 bits per heavy atom. The van der Waals surface area contributed by atoms with Gasteiger partial charge in [-0.25, -0.2) is 0 Å². The lowest BCUT2D eigenvalue weighted by Crippen LogP contribution is -3.00. The lowest BCUT2D eigenvalue weighted by atomic mass is 10.3. The Hall–Kier alpha value is -0.780. The minimum atomic E-state index is 0. The fraction of sp³-hybridized carbons (Fsp3) is 0. The van der Waals surface area contributed by atoms with Gasteiger partial charge in [-0.2, -0.15) is 0 Å². The molecule has 0 aliphatic rings. The maximum atomic E-state index is 8.23. The minimum absolute atomic E-state index is 0. The van der Waals surface area contributed by atoms with Crippen molar-refractivity contribution in [3.63, 3.8) is 0 Å². The molecular weight excluding hydrogens is 171 g/mol. The van der Waals surface area contributed by atoms with E-state index in [0.29, 0.717) is 10.7 Å². The van der Waals surface area contributed by atoms with E-state index in [9.17, 15) is 0 Å². The highest BCUT2D eigenvalue weighted by molar-refractivity contribution is 6.30. The lowest BCUT2D eigenvalue weighted by Gasteiger charge is -1.78. The van der Waals surface area contributed by atoms with Crippen LogP contribution in [0, 0.1) is 5.39 Å². The molecule has 2 nitrogen and oxygen atoms in total. The van der Waals surface area contributed by atoms with E-state index in [1.807, 2.05) is 0 Å². The van der Waals surface area contributed by atoms with E-state index in [1.165, 1.54) is 0 Å². The highest BCUT2D eigenvalue weighted by atomic mass is 35.5. The molecule has 52 valence electrons. The zero-order chi connectivity index (χ0) is 6.69. The van der Waals surface area contributed by atoms with Gasteiger partial charge in [0.1, 0.15) is 0 Å². The molecule has 10 heavy (non-hydrogen) atoms. The molecule has 0 saturated carbocycles. The van der Waals surface area contributed by atoms with Crippen LogP contribution in [0.5, 0.6) is 0 Å². The molecule has 0 atom stereocenters. The van der Waals surface area contributed by atoms with Crippen LogP contribution in [0.4, 0.5) is 5.69 Å². The molecule has 0 bridgehead atoms. The summed E-state index contributed by atoms with van der Waals surface area (Å²) >= 11 is 5.55. The normalized spacial score (nSPS) is 7.60. The van der Waals surface area contributed by atoms with Gasteiger partial charge in [-0.15, -0.1) is 0 Å². The van der Waals surface area contributed by atoms with Crippen molar-refractivity contribution in [1.29, 1.82) is 5.39 Å². The number of rotatable bonds is 0. The standard InChI is InChI=1S/C6H4ClN2.ClH/c7-5-2-1-3-6(4-5)9-8;/h1-4H;1H/q+1;/p-1. The van der Waals surface area contributed by atoms with Gasteiger partial charge in [-0.3, -0.25) is 0 Å². The van der Waals surface area contributed by atoms with Gasteiger partial charge in [0.05, 0.1) is 6.07 Å². The van der Waals surface area contributed by atoms with Crippen LogP contribution in [0.15, 0.2) is 24.3 Å². The second-order valence-electron chi connectivity index (χ2n) is 1.58. The van der Waals surface area contributed by atoms with E-state index < -0.39 is 0 Å². The Labute approximate surface area is 69.8 Å². The first-order valence-electron chi connectivity index (χ1n) is 2.43. The second-order valence-corrected chi connectivity index (χ2v) is 2.02. The maximum Gasteiger partial charge on any atom is 0.386 e. The fourth-order valence-electron chi connectivity index (χ4n) is 0.538. The molecule has 0 unspecified atom stereocenters. The molecule has 0 N–H and O–H groups in total. The zero-order valence-electron chi connectivity index (χ0n) is 4.96. The molecule has 0 saturated heterocycles. The Balaban J connectivity index is 0.000000810. The summed E-state index contributed by atoms with van der Waals surface area (Å²) in [6.07, 6.45) is 0. The van der Waals surface area contributed by atoms with Crippen molar-refractivity contribution in [3.05, 3.63) is 34.3 Å². The smallest absolute Gasteiger partial charge is 0.386 e. The summed E-state index contributed by atoms with van der Waals surface area (Å²) in [7, 11) is 0. The number of diazo groups is 1. The quantitative estimate of drug-likeness (QED) is 0.503. The predicted octanol–water partition coefficient (Wildman–Crippen LogP) is -0.171. The predicted molar refractivity (Wildman–Crippen MR) is 36.2 cm³/mol. The first-order chi connectivity index (χ1) is 4.33. The van der Waals surface area contributed by atoms with Crippen LogP contribution >= 0.6 is 11.6 Å². The average molecular weight is 175 g/mol. The topological polar surface area (TPSA) is 28.1 Å². The number of hydrogen-bond acceptors (Lipinski definition) is 1. The number of nitrogens with zero attached hydrogens (tertiary/aromatic N) is 2. The molecule has 1 aromatic carbocycles. The van der Waals surface area contributed by atoms with Gasteiger partial charge < -0.3 is 12.4 Å².